The first-order valence-corrected chi connectivity index (χ1v) is 7.06. The van der Waals surface area contributed by atoms with Crippen molar-refractivity contribution < 1.29 is 19.1 Å². The van der Waals surface area contributed by atoms with Gasteiger partial charge in [-0.3, -0.25) is 9.59 Å². The zero-order chi connectivity index (χ0) is 14.8. The Hall–Kier alpha value is -2.14. The number of ether oxygens (including phenoxy) is 2. The Balaban J connectivity index is 1.59. The maximum atomic E-state index is 11.9. The van der Waals surface area contributed by atoms with Crippen molar-refractivity contribution >= 4 is 17.5 Å². The summed E-state index contributed by atoms with van der Waals surface area (Å²) in [6, 6.07) is 6.98. The Bertz CT molecular complexity index is 587. The fraction of sp³-hybridized carbons (Fsp3) is 0.375. The van der Waals surface area contributed by atoms with E-state index in [1.54, 1.807) is 31.2 Å². The van der Waals surface area contributed by atoms with Gasteiger partial charge in [-0.15, -0.1) is 0 Å². The number of nitrogens with zero attached hydrogens (tertiary/aromatic N) is 1. The summed E-state index contributed by atoms with van der Waals surface area (Å²) < 4.78 is 10.9. The summed E-state index contributed by atoms with van der Waals surface area (Å²) in [7, 11) is 0. The molecule has 0 bridgehead atoms. The van der Waals surface area contributed by atoms with E-state index < -0.39 is 0 Å². The van der Waals surface area contributed by atoms with Crippen LogP contribution in [0.1, 0.15) is 19.8 Å². The zero-order valence-corrected chi connectivity index (χ0v) is 11.9. The predicted octanol–water partition coefficient (Wildman–Crippen LogP) is 2.06. The van der Waals surface area contributed by atoms with E-state index in [1.807, 2.05) is 0 Å². The molecule has 0 radical (unpaired) electrons. The fourth-order valence-corrected chi connectivity index (χ4v) is 2.34. The molecule has 2 aliphatic heterocycles. The Labute approximate surface area is 123 Å². The lowest BCUT2D eigenvalue weighted by Crippen LogP contribution is -2.30. The topological polar surface area (TPSA) is 55.8 Å². The summed E-state index contributed by atoms with van der Waals surface area (Å²) >= 11 is 0. The van der Waals surface area contributed by atoms with Gasteiger partial charge in [0.1, 0.15) is 5.75 Å². The van der Waals surface area contributed by atoms with Gasteiger partial charge in [0.05, 0.1) is 18.4 Å². The van der Waals surface area contributed by atoms with Gasteiger partial charge in [0, 0.05) is 24.7 Å². The van der Waals surface area contributed by atoms with Crippen molar-refractivity contribution in [3.8, 4) is 5.75 Å². The molecule has 0 N–H and O–H groups in total. The Morgan fingerprint density at radius 3 is 2.52 bits per heavy atom. The summed E-state index contributed by atoms with van der Waals surface area (Å²) in [5.41, 5.74) is 1.02. The SMILES string of the molecule is CC1=CC(=O)N(c2ccc(OCCC3CCO3)cc2)C1=O. The van der Waals surface area contributed by atoms with Crippen LogP contribution in [0.5, 0.6) is 5.75 Å². The molecule has 5 heteroatoms. The highest BCUT2D eigenvalue weighted by Crippen LogP contribution is 2.25. The first-order chi connectivity index (χ1) is 10.1. The molecule has 3 rings (SSSR count). The third-order valence-corrected chi connectivity index (χ3v) is 3.70. The molecule has 2 aliphatic rings. The van der Waals surface area contributed by atoms with Crippen LogP contribution in [0, 0.1) is 0 Å². The van der Waals surface area contributed by atoms with Crippen molar-refractivity contribution in [2.45, 2.75) is 25.9 Å². The molecular formula is C16H17NO4. The molecule has 1 fully saturated rings. The van der Waals surface area contributed by atoms with E-state index in [4.69, 9.17) is 9.47 Å². The highest BCUT2D eigenvalue weighted by Gasteiger charge is 2.29. The minimum Gasteiger partial charge on any atom is -0.493 e. The quantitative estimate of drug-likeness (QED) is 0.778. The van der Waals surface area contributed by atoms with Gasteiger partial charge in [-0.2, -0.15) is 0 Å². The van der Waals surface area contributed by atoms with Crippen LogP contribution in [-0.2, 0) is 14.3 Å². The monoisotopic (exact) mass is 287 g/mol. The lowest BCUT2D eigenvalue weighted by Gasteiger charge is -2.26. The van der Waals surface area contributed by atoms with Gasteiger partial charge >= 0.3 is 0 Å². The third kappa shape index (κ3) is 2.83. The smallest absolute Gasteiger partial charge is 0.261 e. The standard InChI is InChI=1S/C16H17NO4/c1-11-10-15(18)17(16(11)19)12-2-4-13(5-3-12)20-8-6-14-7-9-21-14/h2-5,10,14H,6-9H2,1H3. The van der Waals surface area contributed by atoms with Gasteiger partial charge in [0.25, 0.3) is 11.8 Å². The van der Waals surface area contributed by atoms with E-state index >= 15 is 0 Å². The highest BCUT2D eigenvalue weighted by molar-refractivity contribution is 6.30. The molecular weight excluding hydrogens is 270 g/mol. The summed E-state index contributed by atoms with van der Waals surface area (Å²) in [5, 5.41) is 0. The Kier molecular flexibility index (Phi) is 3.75. The predicted molar refractivity (Wildman–Crippen MR) is 77.2 cm³/mol. The van der Waals surface area contributed by atoms with E-state index in [1.165, 1.54) is 11.0 Å². The first-order valence-electron chi connectivity index (χ1n) is 7.06. The summed E-state index contributed by atoms with van der Waals surface area (Å²) in [6.07, 6.45) is 3.67. The average molecular weight is 287 g/mol. The molecule has 1 aromatic rings. The van der Waals surface area contributed by atoms with Gasteiger partial charge < -0.3 is 9.47 Å². The van der Waals surface area contributed by atoms with Crippen molar-refractivity contribution in [1.29, 1.82) is 0 Å². The third-order valence-electron chi connectivity index (χ3n) is 3.70. The van der Waals surface area contributed by atoms with Crippen LogP contribution in [0.15, 0.2) is 35.9 Å². The second-order valence-corrected chi connectivity index (χ2v) is 5.22. The van der Waals surface area contributed by atoms with Crippen LogP contribution in [0.2, 0.25) is 0 Å². The number of carbonyl (C=O) groups is 2. The molecule has 0 spiro atoms. The second kappa shape index (κ2) is 5.69. The summed E-state index contributed by atoms with van der Waals surface area (Å²) in [6.45, 7) is 3.09. The van der Waals surface area contributed by atoms with E-state index in [-0.39, 0.29) is 11.8 Å². The molecule has 5 nitrogen and oxygen atoms in total. The number of hydrogen-bond donors (Lipinski definition) is 0. The first kappa shape index (κ1) is 13.8. The summed E-state index contributed by atoms with van der Waals surface area (Å²) in [4.78, 5) is 24.8. The lowest BCUT2D eigenvalue weighted by atomic mass is 10.1. The Morgan fingerprint density at radius 1 is 1.29 bits per heavy atom. The fourth-order valence-electron chi connectivity index (χ4n) is 2.34. The van der Waals surface area contributed by atoms with Crippen LogP contribution in [0.3, 0.4) is 0 Å². The molecule has 0 aromatic heterocycles. The van der Waals surface area contributed by atoms with Crippen molar-refractivity contribution in [2.24, 2.45) is 0 Å². The number of amides is 2. The maximum Gasteiger partial charge on any atom is 0.261 e. The normalized spacial score (nSPS) is 21.3. The van der Waals surface area contributed by atoms with Crippen molar-refractivity contribution in [3.05, 3.63) is 35.9 Å². The number of rotatable bonds is 5. The Morgan fingerprint density at radius 2 is 2.00 bits per heavy atom. The van der Waals surface area contributed by atoms with Crippen LogP contribution in [-0.4, -0.2) is 31.1 Å². The van der Waals surface area contributed by atoms with Gasteiger partial charge in [-0.1, -0.05) is 0 Å². The van der Waals surface area contributed by atoms with Crippen LogP contribution in [0.4, 0.5) is 5.69 Å². The molecule has 2 heterocycles. The highest BCUT2D eigenvalue weighted by atomic mass is 16.5. The van der Waals surface area contributed by atoms with Crippen LogP contribution < -0.4 is 9.64 Å². The second-order valence-electron chi connectivity index (χ2n) is 5.22. The minimum absolute atomic E-state index is 0.268. The molecule has 2 amide bonds. The number of hydrogen-bond acceptors (Lipinski definition) is 4. The minimum atomic E-state index is -0.298. The van der Waals surface area contributed by atoms with Crippen molar-refractivity contribution in [1.82, 2.24) is 0 Å². The number of imide groups is 1. The van der Waals surface area contributed by atoms with E-state index in [2.05, 4.69) is 0 Å². The van der Waals surface area contributed by atoms with Gasteiger partial charge in [-0.05, 0) is 37.6 Å². The number of benzene rings is 1. The molecule has 21 heavy (non-hydrogen) atoms. The van der Waals surface area contributed by atoms with Crippen molar-refractivity contribution in [3.63, 3.8) is 0 Å². The zero-order valence-electron chi connectivity index (χ0n) is 11.9. The van der Waals surface area contributed by atoms with E-state index in [0.717, 1.165) is 25.2 Å². The largest absolute Gasteiger partial charge is 0.493 e. The maximum absolute atomic E-state index is 11.9. The molecule has 1 atom stereocenters. The lowest BCUT2D eigenvalue weighted by molar-refractivity contribution is -0.120. The number of carbonyl (C=O) groups excluding carboxylic acids is 2. The molecule has 1 aromatic carbocycles. The van der Waals surface area contributed by atoms with E-state index in [9.17, 15) is 9.59 Å². The van der Waals surface area contributed by atoms with Gasteiger partial charge in [0.2, 0.25) is 0 Å². The molecule has 1 unspecified atom stereocenters. The van der Waals surface area contributed by atoms with Crippen molar-refractivity contribution in [2.75, 3.05) is 18.1 Å². The van der Waals surface area contributed by atoms with Crippen LogP contribution >= 0.6 is 0 Å². The van der Waals surface area contributed by atoms with E-state index in [0.29, 0.717) is 24.0 Å². The average Bonchev–Trinajstić information content (AvgIpc) is 2.67. The number of anilines is 1. The van der Waals surface area contributed by atoms with Gasteiger partial charge in [0.15, 0.2) is 0 Å². The van der Waals surface area contributed by atoms with Crippen LogP contribution in [0.25, 0.3) is 0 Å². The molecule has 0 aliphatic carbocycles. The molecule has 1 saturated heterocycles. The summed E-state index contributed by atoms with van der Waals surface area (Å²) in [5.74, 6) is 0.158. The molecule has 110 valence electrons. The molecule has 0 saturated carbocycles. The van der Waals surface area contributed by atoms with Gasteiger partial charge in [-0.25, -0.2) is 4.90 Å².